The molecule has 0 radical (unpaired) electrons. The molecule has 9 heteroatoms. The van der Waals surface area contributed by atoms with Crippen molar-refractivity contribution < 1.29 is 18.0 Å². The molecule has 3 nitrogen and oxygen atoms in total. The Balaban J connectivity index is 2.04. The van der Waals surface area contributed by atoms with Gasteiger partial charge >= 0.3 is 11.5 Å². The third kappa shape index (κ3) is 6.44. The van der Waals surface area contributed by atoms with Crippen molar-refractivity contribution in [3.05, 3.63) is 51.4 Å². The van der Waals surface area contributed by atoms with E-state index in [4.69, 9.17) is 0 Å². The molecule has 0 atom stereocenters. The first-order valence-corrected chi connectivity index (χ1v) is 8.51. The average Bonchev–Trinajstić information content (AvgIpc) is 2.35. The number of carbonyl (C=O) groups excluding carboxylic acids is 1. The van der Waals surface area contributed by atoms with E-state index in [9.17, 15) is 18.0 Å². The van der Waals surface area contributed by atoms with Crippen LogP contribution in [-0.4, -0.2) is 11.5 Å². The molecule has 2 aromatic carbocycles. The Kier molecular flexibility index (Phi) is 5.99. The first-order valence-electron chi connectivity index (χ1n) is 6.11. The summed E-state index contributed by atoms with van der Waals surface area (Å²) in [5.41, 5.74) is -3.57. The number of halogens is 5. The van der Waals surface area contributed by atoms with Gasteiger partial charge in [-0.2, -0.15) is 13.2 Å². The zero-order chi connectivity index (χ0) is 17.0. The van der Waals surface area contributed by atoms with E-state index in [1.54, 1.807) is 18.2 Å². The van der Waals surface area contributed by atoms with Gasteiger partial charge in [-0.1, -0.05) is 37.9 Å². The number of urea groups is 1. The third-order valence-electron chi connectivity index (χ3n) is 2.45. The maximum Gasteiger partial charge on any atom is 0.446 e. The van der Waals surface area contributed by atoms with Crippen molar-refractivity contribution >= 4 is 61.0 Å². The minimum Gasteiger partial charge on any atom is -0.308 e. The topological polar surface area (TPSA) is 41.1 Å². The van der Waals surface area contributed by atoms with Gasteiger partial charge < -0.3 is 10.6 Å². The highest BCUT2D eigenvalue weighted by Gasteiger charge is 2.29. The van der Waals surface area contributed by atoms with Crippen LogP contribution in [0.25, 0.3) is 0 Å². The number of alkyl halides is 3. The fraction of sp³-hybridized carbons (Fsp3) is 0.0714. The lowest BCUT2D eigenvalue weighted by Crippen LogP contribution is -2.19. The number of benzene rings is 2. The van der Waals surface area contributed by atoms with Gasteiger partial charge in [0.15, 0.2) is 0 Å². The number of amides is 2. The molecule has 2 N–H and O–H groups in total. The van der Waals surface area contributed by atoms with Gasteiger partial charge in [-0.3, -0.25) is 0 Å². The van der Waals surface area contributed by atoms with Crippen LogP contribution < -0.4 is 10.6 Å². The number of anilines is 2. The Labute approximate surface area is 151 Å². The summed E-state index contributed by atoms with van der Waals surface area (Å²) in [6.45, 7) is 0. The van der Waals surface area contributed by atoms with E-state index in [1.807, 2.05) is 0 Å². The Morgan fingerprint density at radius 1 is 0.957 bits per heavy atom. The van der Waals surface area contributed by atoms with Gasteiger partial charge in [0.25, 0.3) is 0 Å². The molecule has 0 aliphatic rings. The molecule has 0 aliphatic heterocycles. The van der Waals surface area contributed by atoms with Crippen molar-refractivity contribution in [3.8, 4) is 0 Å². The van der Waals surface area contributed by atoms with E-state index in [-0.39, 0.29) is 22.3 Å². The average molecular weight is 470 g/mol. The maximum absolute atomic E-state index is 12.4. The Morgan fingerprint density at radius 3 is 2.17 bits per heavy atom. The smallest absolute Gasteiger partial charge is 0.308 e. The van der Waals surface area contributed by atoms with Crippen LogP contribution in [0.3, 0.4) is 0 Å². The van der Waals surface area contributed by atoms with Gasteiger partial charge in [0.05, 0.1) is 0 Å². The third-order valence-corrected chi connectivity index (χ3v) is 4.08. The number of rotatable bonds is 3. The monoisotopic (exact) mass is 468 g/mol. The number of carbonyl (C=O) groups is 1. The molecule has 0 spiro atoms. The summed E-state index contributed by atoms with van der Waals surface area (Å²) in [7, 11) is 0. The highest BCUT2D eigenvalue weighted by Crippen LogP contribution is 2.37. The number of hydrogen-bond acceptors (Lipinski definition) is 2. The molecule has 2 aromatic rings. The van der Waals surface area contributed by atoms with Crippen molar-refractivity contribution in [3.63, 3.8) is 0 Å². The van der Waals surface area contributed by atoms with Crippen LogP contribution >= 0.6 is 43.6 Å². The van der Waals surface area contributed by atoms with Crippen LogP contribution in [-0.2, 0) is 0 Å². The van der Waals surface area contributed by atoms with E-state index < -0.39 is 11.5 Å². The van der Waals surface area contributed by atoms with E-state index in [0.29, 0.717) is 5.69 Å². The lowest BCUT2D eigenvalue weighted by Gasteiger charge is -2.10. The molecular weight excluding hydrogens is 461 g/mol. The molecule has 2 rings (SSSR count). The van der Waals surface area contributed by atoms with Crippen LogP contribution in [0, 0.1) is 0 Å². The first-order chi connectivity index (χ1) is 10.7. The van der Waals surface area contributed by atoms with E-state index in [2.05, 4.69) is 42.5 Å². The largest absolute Gasteiger partial charge is 0.446 e. The van der Waals surface area contributed by atoms with Crippen LogP contribution in [0.2, 0.25) is 0 Å². The summed E-state index contributed by atoms with van der Waals surface area (Å²) in [5.74, 6) is 0. The minimum absolute atomic E-state index is 0.000463. The van der Waals surface area contributed by atoms with Gasteiger partial charge in [0, 0.05) is 25.2 Å². The molecule has 122 valence electrons. The summed E-state index contributed by atoms with van der Waals surface area (Å²) in [5, 5.41) is 5.09. The minimum atomic E-state index is -4.37. The van der Waals surface area contributed by atoms with Crippen molar-refractivity contribution in [1.29, 1.82) is 0 Å². The first kappa shape index (κ1) is 18.2. The molecule has 0 fully saturated rings. The Morgan fingerprint density at radius 2 is 1.57 bits per heavy atom. The van der Waals surface area contributed by atoms with Gasteiger partial charge in [0.1, 0.15) is 0 Å². The molecule has 23 heavy (non-hydrogen) atoms. The van der Waals surface area contributed by atoms with Crippen LogP contribution in [0.1, 0.15) is 0 Å². The summed E-state index contributed by atoms with van der Waals surface area (Å²) in [4.78, 5) is 11.9. The lowest BCUT2D eigenvalue weighted by molar-refractivity contribution is -0.0328. The van der Waals surface area contributed by atoms with E-state index >= 15 is 0 Å². The molecule has 2 amide bonds. The normalized spacial score (nSPS) is 11.2. The lowest BCUT2D eigenvalue weighted by atomic mass is 10.3. The summed E-state index contributed by atoms with van der Waals surface area (Å²) in [6.07, 6.45) is 0. The second-order valence-corrected chi connectivity index (χ2v) is 7.28. The van der Waals surface area contributed by atoms with Crippen LogP contribution in [0.15, 0.2) is 56.3 Å². The van der Waals surface area contributed by atoms with Crippen molar-refractivity contribution in [1.82, 2.24) is 0 Å². The van der Waals surface area contributed by atoms with Crippen LogP contribution in [0.5, 0.6) is 0 Å². The van der Waals surface area contributed by atoms with Crippen molar-refractivity contribution in [2.45, 2.75) is 10.4 Å². The highest BCUT2D eigenvalue weighted by atomic mass is 79.9. The van der Waals surface area contributed by atoms with Crippen LogP contribution in [0.4, 0.5) is 29.3 Å². The standard InChI is InChI=1S/C14H9Br2F3N2OS/c15-8-4-9(16)6-11(5-8)21-13(22)20-10-2-1-3-12(7-10)23-14(17,18)19/h1-7H,(H2,20,21,22). The maximum atomic E-state index is 12.4. The molecule has 0 saturated carbocycles. The molecule has 0 heterocycles. The van der Waals surface area contributed by atoms with Gasteiger partial charge in [-0.15, -0.1) is 0 Å². The second-order valence-electron chi connectivity index (χ2n) is 4.31. The molecule has 0 saturated heterocycles. The molecule has 0 bridgehead atoms. The summed E-state index contributed by atoms with van der Waals surface area (Å²) < 4.78 is 38.6. The fourth-order valence-corrected chi connectivity index (χ4v) is 3.58. The zero-order valence-electron chi connectivity index (χ0n) is 11.2. The fourth-order valence-electron chi connectivity index (χ4n) is 1.69. The van der Waals surface area contributed by atoms with Gasteiger partial charge in [-0.05, 0) is 48.2 Å². The second kappa shape index (κ2) is 7.59. The van der Waals surface area contributed by atoms with E-state index in [1.165, 1.54) is 24.3 Å². The molecule has 0 aliphatic carbocycles. The Hall–Kier alpha value is -1.19. The number of nitrogens with one attached hydrogen (secondary N) is 2. The predicted molar refractivity (Wildman–Crippen MR) is 92.8 cm³/mol. The van der Waals surface area contributed by atoms with Crippen molar-refractivity contribution in [2.24, 2.45) is 0 Å². The van der Waals surface area contributed by atoms with Crippen molar-refractivity contribution in [2.75, 3.05) is 10.6 Å². The SMILES string of the molecule is O=C(Nc1cc(Br)cc(Br)c1)Nc1cccc(SC(F)(F)F)c1. The predicted octanol–water partition coefficient (Wildman–Crippen LogP) is 6.47. The quantitative estimate of drug-likeness (QED) is 0.506. The molecular formula is C14H9Br2F3N2OS. The molecule has 0 unspecified atom stereocenters. The Bertz CT molecular complexity index is 705. The zero-order valence-corrected chi connectivity index (χ0v) is 15.2. The highest BCUT2D eigenvalue weighted by molar-refractivity contribution is 9.11. The van der Waals surface area contributed by atoms with E-state index in [0.717, 1.165) is 8.95 Å². The van der Waals surface area contributed by atoms with Gasteiger partial charge in [-0.25, -0.2) is 4.79 Å². The number of thioether (sulfide) groups is 1. The summed E-state index contributed by atoms with van der Waals surface area (Å²) in [6, 6.07) is 10.2. The molecule has 0 aromatic heterocycles. The number of hydrogen-bond donors (Lipinski definition) is 2. The van der Waals surface area contributed by atoms with Gasteiger partial charge in [0.2, 0.25) is 0 Å². The summed E-state index contributed by atoms with van der Waals surface area (Å²) >= 11 is 6.36.